The Bertz CT molecular complexity index is 886. The average Bonchev–Trinajstić information content (AvgIpc) is 2.95. The monoisotopic (exact) mass is 583 g/mol. The van der Waals surface area contributed by atoms with Crippen molar-refractivity contribution < 1.29 is 42.9 Å². The summed E-state index contributed by atoms with van der Waals surface area (Å²) in [6.07, 6.45) is 0.695. The summed E-state index contributed by atoms with van der Waals surface area (Å²) < 4.78 is 26.3. The molecule has 0 radical (unpaired) electrons. The first-order chi connectivity index (χ1) is 19.8. The molecule has 0 saturated heterocycles. The Labute approximate surface area is 241 Å². The Kier molecular flexibility index (Phi) is 20.4. The number of rotatable bonds is 24. The van der Waals surface area contributed by atoms with Crippen molar-refractivity contribution in [3.8, 4) is 0 Å². The number of hydrogen-bond acceptors (Lipinski definition) is 9. The van der Waals surface area contributed by atoms with Gasteiger partial charge in [0, 0.05) is 32.4 Å². The van der Waals surface area contributed by atoms with Crippen LogP contribution in [0.15, 0.2) is 24.3 Å². The number of anilines is 1. The molecular formula is C27H45N5O9. The summed E-state index contributed by atoms with van der Waals surface area (Å²) >= 11 is 0. The number of benzene rings is 1. The van der Waals surface area contributed by atoms with E-state index in [-0.39, 0.29) is 38.4 Å². The number of hydrogen-bond donors (Lipinski definition) is 5. The fraction of sp³-hybridized carbons (Fsp3) is 0.630. The first-order valence-electron chi connectivity index (χ1n) is 13.6. The number of carbonyl (C=O) groups is 4. The van der Waals surface area contributed by atoms with Crippen LogP contribution in [0.25, 0.3) is 0 Å². The lowest BCUT2D eigenvalue weighted by Crippen LogP contribution is -2.47. The summed E-state index contributed by atoms with van der Waals surface area (Å²) in [5.74, 6) is -1.34. The summed E-state index contributed by atoms with van der Waals surface area (Å²) in [5, 5.41) is 10.4. The van der Waals surface area contributed by atoms with E-state index in [2.05, 4.69) is 21.3 Å². The predicted octanol–water partition coefficient (Wildman–Crippen LogP) is 0.297. The Hall–Kier alpha value is -3.30. The van der Waals surface area contributed by atoms with E-state index in [1.807, 2.05) is 19.1 Å². The normalized spacial score (nSPS) is 11.5. The molecule has 1 aromatic rings. The molecule has 1 rings (SSSR count). The minimum atomic E-state index is -0.897. The topological polar surface area (TPSA) is 189 Å². The molecule has 14 nitrogen and oxygen atoms in total. The van der Waals surface area contributed by atoms with Gasteiger partial charge in [-0.05, 0) is 37.5 Å². The Balaban J connectivity index is 2.33. The van der Waals surface area contributed by atoms with E-state index in [0.717, 1.165) is 5.56 Å². The van der Waals surface area contributed by atoms with Crippen molar-refractivity contribution in [1.29, 1.82) is 0 Å². The van der Waals surface area contributed by atoms with Gasteiger partial charge in [-0.25, -0.2) is 4.79 Å². The van der Waals surface area contributed by atoms with Crippen LogP contribution < -0.4 is 27.0 Å². The van der Waals surface area contributed by atoms with Gasteiger partial charge in [-0.2, -0.15) is 0 Å². The van der Waals surface area contributed by atoms with E-state index in [1.54, 1.807) is 19.2 Å². The molecule has 0 aliphatic carbocycles. The fourth-order valence-corrected chi connectivity index (χ4v) is 3.35. The maximum atomic E-state index is 12.9. The number of amides is 5. The van der Waals surface area contributed by atoms with E-state index in [4.69, 9.17) is 29.4 Å². The second kappa shape index (κ2) is 23.4. The molecule has 6 N–H and O–H groups in total. The number of ether oxygens (including phenoxy) is 5. The number of nitrogens with one attached hydrogen (secondary N) is 4. The molecule has 14 heteroatoms. The molecule has 0 aliphatic rings. The SMILES string of the molecule is CCOCCOCCOCCOCCC(=O)NCC(=O)NC(CCCNC(N)=O)C(=O)Nc1ccc(COC)cc1. The van der Waals surface area contributed by atoms with Crippen LogP contribution in [0.5, 0.6) is 0 Å². The lowest BCUT2D eigenvalue weighted by Gasteiger charge is -2.19. The van der Waals surface area contributed by atoms with Crippen LogP contribution in [0.1, 0.15) is 31.7 Å². The van der Waals surface area contributed by atoms with Crippen LogP contribution in [0.2, 0.25) is 0 Å². The van der Waals surface area contributed by atoms with Gasteiger partial charge in [0.25, 0.3) is 0 Å². The summed E-state index contributed by atoms with van der Waals surface area (Å²) in [4.78, 5) is 48.3. The fourth-order valence-electron chi connectivity index (χ4n) is 3.35. The molecule has 0 spiro atoms. The predicted molar refractivity (Wildman–Crippen MR) is 151 cm³/mol. The molecule has 0 saturated carbocycles. The van der Waals surface area contributed by atoms with Crippen molar-refractivity contribution in [3.63, 3.8) is 0 Å². The molecule has 0 heterocycles. The third-order valence-electron chi connectivity index (χ3n) is 5.39. The standard InChI is InChI=1S/C27H45N5O9/c1-3-38-13-14-40-17-18-41-16-15-39-12-10-24(33)30-19-25(34)32-23(5-4-11-29-27(28)36)26(35)31-22-8-6-21(7-9-22)20-37-2/h6-9,23H,3-5,10-20H2,1-2H3,(H,30,33)(H,31,35)(H,32,34)(H3,28,29,36). The summed E-state index contributed by atoms with van der Waals surface area (Å²) in [7, 11) is 1.59. The zero-order valence-electron chi connectivity index (χ0n) is 24.0. The number of urea groups is 1. The first-order valence-corrected chi connectivity index (χ1v) is 13.6. The van der Waals surface area contributed by atoms with Gasteiger partial charge in [0.05, 0.1) is 59.4 Å². The lowest BCUT2D eigenvalue weighted by molar-refractivity contribution is -0.128. The third-order valence-corrected chi connectivity index (χ3v) is 5.39. The Morgan fingerprint density at radius 1 is 0.829 bits per heavy atom. The van der Waals surface area contributed by atoms with Gasteiger partial charge in [0.15, 0.2) is 0 Å². The maximum absolute atomic E-state index is 12.9. The zero-order chi connectivity index (χ0) is 30.1. The average molecular weight is 584 g/mol. The van der Waals surface area contributed by atoms with Crippen molar-refractivity contribution in [3.05, 3.63) is 29.8 Å². The molecule has 0 aliphatic heterocycles. The van der Waals surface area contributed by atoms with Gasteiger partial charge in [-0.3, -0.25) is 14.4 Å². The van der Waals surface area contributed by atoms with Gasteiger partial charge >= 0.3 is 6.03 Å². The van der Waals surface area contributed by atoms with E-state index in [1.165, 1.54) is 0 Å². The number of nitrogens with two attached hydrogens (primary N) is 1. The molecule has 5 amide bonds. The number of methoxy groups -OCH3 is 1. The van der Waals surface area contributed by atoms with E-state index in [0.29, 0.717) is 65.0 Å². The van der Waals surface area contributed by atoms with E-state index in [9.17, 15) is 19.2 Å². The zero-order valence-corrected chi connectivity index (χ0v) is 24.0. The Morgan fingerprint density at radius 3 is 2.02 bits per heavy atom. The van der Waals surface area contributed by atoms with Crippen LogP contribution in [0, 0.1) is 0 Å². The molecule has 0 fully saturated rings. The third kappa shape index (κ3) is 19.4. The minimum Gasteiger partial charge on any atom is -0.380 e. The van der Waals surface area contributed by atoms with Gasteiger partial charge in [0.2, 0.25) is 17.7 Å². The van der Waals surface area contributed by atoms with Crippen LogP contribution in [-0.2, 0) is 44.7 Å². The molecule has 41 heavy (non-hydrogen) atoms. The summed E-state index contributed by atoms with van der Waals surface area (Å²) in [6.45, 7) is 5.80. The molecule has 1 aromatic carbocycles. The van der Waals surface area contributed by atoms with E-state index < -0.39 is 23.9 Å². The molecule has 1 unspecified atom stereocenters. The van der Waals surface area contributed by atoms with Crippen molar-refractivity contribution in [2.45, 2.75) is 38.8 Å². The second-order valence-corrected chi connectivity index (χ2v) is 8.73. The van der Waals surface area contributed by atoms with Gasteiger partial charge < -0.3 is 50.7 Å². The molecular weight excluding hydrogens is 538 g/mol. The van der Waals surface area contributed by atoms with Crippen molar-refractivity contribution in [1.82, 2.24) is 16.0 Å². The molecule has 0 bridgehead atoms. The molecule has 1 atom stereocenters. The quantitative estimate of drug-likeness (QED) is 0.107. The lowest BCUT2D eigenvalue weighted by atomic mass is 10.1. The largest absolute Gasteiger partial charge is 0.380 e. The minimum absolute atomic E-state index is 0.0651. The van der Waals surface area contributed by atoms with Crippen LogP contribution in [-0.4, -0.2) is 103 Å². The van der Waals surface area contributed by atoms with Gasteiger partial charge in [-0.1, -0.05) is 12.1 Å². The highest BCUT2D eigenvalue weighted by Gasteiger charge is 2.21. The number of carbonyl (C=O) groups excluding carboxylic acids is 4. The van der Waals surface area contributed by atoms with Gasteiger partial charge in [-0.15, -0.1) is 0 Å². The number of primary amides is 1. The van der Waals surface area contributed by atoms with Crippen molar-refractivity contribution >= 4 is 29.4 Å². The van der Waals surface area contributed by atoms with E-state index >= 15 is 0 Å². The van der Waals surface area contributed by atoms with Crippen molar-refractivity contribution in [2.75, 3.05) is 78.4 Å². The van der Waals surface area contributed by atoms with Crippen LogP contribution in [0.3, 0.4) is 0 Å². The highest BCUT2D eigenvalue weighted by molar-refractivity contribution is 5.97. The summed E-state index contributed by atoms with van der Waals surface area (Å²) in [5.41, 5.74) is 6.57. The maximum Gasteiger partial charge on any atom is 0.312 e. The van der Waals surface area contributed by atoms with Crippen LogP contribution in [0.4, 0.5) is 10.5 Å². The Morgan fingerprint density at radius 2 is 1.44 bits per heavy atom. The van der Waals surface area contributed by atoms with Gasteiger partial charge in [0.1, 0.15) is 6.04 Å². The van der Waals surface area contributed by atoms with Crippen LogP contribution >= 0.6 is 0 Å². The highest BCUT2D eigenvalue weighted by atomic mass is 16.6. The molecule has 232 valence electrons. The smallest absolute Gasteiger partial charge is 0.312 e. The van der Waals surface area contributed by atoms with Crippen molar-refractivity contribution in [2.24, 2.45) is 5.73 Å². The summed E-state index contributed by atoms with van der Waals surface area (Å²) in [6, 6.07) is 5.52. The molecule has 0 aromatic heterocycles. The second-order valence-electron chi connectivity index (χ2n) is 8.73. The highest BCUT2D eigenvalue weighted by Crippen LogP contribution is 2.11. The first kappa shape index (κ1) is 35.7.